The molecule has 6 heteroatoms. The summed E-state index contributed by atoms with van der Waals surface area (Å²) in [5.74, 6) is 0.685. The van der Waals surface area contributed by atoms with E-state index in [0.29, 0.717) is 19.0 Å². The third kappa shape index (κ3) is 4.93. The van der Waals surface area contributed by atoms with Gasteiger partial charge in [-0.1, -0.05) is 13.8 Å². The Hall–Kier alpha value is -0.330. The average molecular weight is 282 g/mol. The van der Waals surface area contributed by atoms with Gasteiger partial charge in [-0.3, -0.25) is 9.64 Å². The maximum Gasteiger partial charge on any atom is 0.522 e. The Morgan fingerprint density at radius 1 is 1.32 bits per heavy atom. The van der Waals surface area contributed by atoms with Crippen LogP contribution >= 0.6 is 0 Å². The van der Waals surface area contributed by atoms with Crippen LogP contribution in [0, 0.1) is 5.92 Å². The second-order valence-electron chi connectivity index (χ2n) is 5.48. The van der Waals surface area contributed by atoms with Gasteiger partial charge in [0.2, 0.25) is 0 Å². The highest BCUT2D eigenvalue weighted by molar-refractivity contribution is 4.95. The maximum atomic E-state index is 12.0. The van der Waals surface area contributed by atoms with Gasteiger partial charge in [-0.15, -0.1) is 13.2 Å². The number of alkyl halides is 3. The maximum absolute atomic E-state index is 12.0. The molecular formula is C13H25F3N2O. The summed E-state index contributed by atoms with van der Waals surface area (Å²) in [5, 5.41) is 0. The lowest BCUT2D eigenvalue weighted by Crippen LogP contribution is -2.56. The number of likely N-dealkylation sites (N-methyl/N-ethyl adjacent to an activating group) is 1. The summed E-state index contributed by atoms with van der Waals surface area (Å²) in [6.45, 7) is 5.33. The van der Waals surface area contributed by atoms with E-state index in [1.54, 1.807) is 0 Å². The van der Waals surface area contributed by atoms with Gasteiger partial charge in [-0.05, 0) is 38.1 Å². The zero-order valence-corrected chi connectivity index (χ0v) is 11.8. The van der Waals surface area contributed by atoms with E-state index < -0.39 is 6.36 Å². The van der Waals surface area contributed by atoms with E-state index in [0.717, 1.165) is 25.7 Å². The molecular weight excluding hydrogens is 257 g/mol. The van der Waals surface area contributed by atoms with Crippen LogP contribution in [-0.4, -0.2) is 43.0 Å². The van der Waals surface area contributed by atoms with Gasteiger partial charge in [0, 0.05) is 18.6 Å². The average Bonchev–Trinajstić information content (AvgIpc) is 2.35. The summed E-state index contributed by atoms with van der Waals surface area (Å²) in [6, 6.07) is 0. The van der Waals surface area contributed by atoms with Crippen LogP contribution < -0.4 is 5.73 Å². The molecule has 1 aliphatic rings. The molecule has 0 aromatic carbocycles. The Balaban J connectivity index is 2.55. The van der Waals surface area contributed by atoms with E-state index in [9.17, 15) is 13.2 Å². The largest absolute Gasteiger partial charge is 0.522 e. The van der Waals surface area contributed by atoms with Crippen molar-refractivity contribution in [3.63, 3.8) is 0 Å². The minimum absolute atomic E-state index is 0.143. The Morgan fingerprint density at radius 2 is 1.89 bits per heavy atom. The number of rotatable bonds is 6. The first-order chi connectivity index (χ1) is 8.83. The smallest absolute Gasteiger partial charge is 0.329 e. The quantitative estimate of drug-likeness (QED) is 0.814. The second-order valence-corrected chi connectivity index (χ2v) is 5.48. The van der Waals surface area contributed by atoms with E-state index in [1.165, 1.54) is 0 Å². The first kappa shape index (κ1) is 16.7. The van der Waals surface area contributed by atoms with Gasteiger partial charge in [-0.2, -0.15) is 0 Å². The fourth-order valence-electron chi connectivity index (χ4n) is 2.95. The highest BCUT2D eigenvalue weighted by atomic mass is 19.4. The molecule has 1 aliphatic carbocycles. The molecule has 114 valence electrons. The number of halogens is 3. The number of hydrogen-bond acceptors (Lipinski definition) is 3. The third-order valence-corrected chi connectivity index (χ3v) is 4.26. The van der Waals surface area contributed by atoms with Gasteiger partial charge in [0.1, 0.15) is 0 Å². The molecule has 1 fully saturated rings. The molecule has 0 heterocycles. The molecule has 1 rings (SSSR count). The van der Waals surface area contributed by atoms with Gasteiger partial charge >= 0.3 is 6.36 Å². The Bertz CT molecular complexity index is 263. The van der Waals surface area contributed by atoms with Crippen LogP contribution in [0.2, 0.25) is 0 Å². The van der Waals surface area contributed by atoms with Crippen LogP contribution in [0.25, 0.3) is 0 Å². The van der Waals surface area contributed by atoms with Crippen molar-refractivity contribution in [2.45, 2.75) is 51.4 Å². The van der Waals surface area contributed by atoms with Crippen LogP contribution in [-0.2, 0) is 4.74 Å². The summed E-state index contributed by atoms with van der Waals surface area (Å²) in [6.07, 6.45) is -0.437. The Kier molecular flexibility index (Phi) is 6.08. The molecule has 0 bridgehead atoms. The minimum Gasteiger partial charge on any atom is -0.329 e. The molecule has 0 aromatic heterocycles. The van der Waals surface area contributed by atoms with E-state index in [1.807, 2.05) is 6.92 Å². The third-order valence-electron chi connectivity index (χ3n) is 4.26. The molecule has 0 spiro atoms. The lowest BCUT2D eigenvalue weighted by atomic mass is 9.76. The minimum atomic E-state index is -4.55. The molecule has 0 aliphatic heterocycles. The van der Waals surface area contributed by atoms with E-state index >= 15 is 0 Å². The molecule has 1 saturated carbocycles. The predicted octanol–water partition coefficient (Wildman–Crippen LogP) is 2.75. The van der Waals surface area contributed by atoms with Gasteiger partial charge in [-0.25, -0.2) is 0 Å². The zero-order chi connectivity index (χ0) is 14.5. The molecule has 0 atom stereocenters. The summed E-state index contributed by atoms with van der Waals surface area (Å²) in [7, 11) is 0. The molecule has 0 amide bonds. The molecule has 19 heavy (non-hydrogen) atoms. The number of ether oxygens (including phenoxy) is 1. The SMILES string of the molecule is CCN(CCOC(F)(F)F)C1(CN)CCC(C)CC1. The monoisotopic (exact) mass is 282 g/mol. The molecule has 0 aromatic rings. The van der Waals surface area contributed by atoms with Gasteiger partial charge < -0.3 is 5.73 Å². The predicted molar refractivity (Wildman–Crippen MR) is 68.7 cm³/mol. The number of nitrogens with zero attached hydrogens (tertiary/aromatic N) is 1. The Morgan fingerprint density at radius 3 is 2.32 bits per heavy atom. The standard InChI is InChI=1S/C13H25F3N2O/c1-3-18(8-9-19-13(14,15)16)12(10-17)6-4-11(2)5-7-12/h11H,3-10,17H2,1-2H3. The van der Waals surface area contributed by atoms with Crippen LogP contribution in [0.5, 0.6) is 0 Å². The van der Waals surface area contributed by atoms with Gasteiger partial charge in [0.15, 0.2) is 0 Å². The Labute approximate surface area is 113 Å². The van der Waals surface area contributed by atoms with Crippen LogP contribution in [0.4, 0.5) is 13.2 Å². The fourth-order valence-corrected chi connectivity index (χ4v) is 2.95. The van der Waals surface area contributed by atoms with Crippen molar-refractivity contribution < 1.29 is 17.9 Å². The van der Waals surface area contributed by atoms with Crippen molar-refractivity contribution in [2.75, 3.05) is 26.2 Å². The summed E-state index contributed by atoms with van der Waals surface area (Å²) in [5.41, 5.74) is 5.77. The van der Waals surface area contributed by atoms with E-state index in [4.69, 9.17) is 5.73 Å². The molecule has 3 nitrogen and oxygen atoms in total. The van der Waals surface area contributed by atoms with Crippen LogP contribution in [0.15, 0.2) is 0 Å². The lowest BCUT2D eigenvalue weighted by molar-refractivity contribution is -0.325. The van der Waals surface area contributed by atoms with Crippen LogP contribution in [0.3, 0.4) is 0 Å². The number of nitrogens with two attached hydrogens (primary N) is 1. The first-order valence-corrected chi connectivity index (χ1v) is 6.99. The van der Waals surface area contributed by atoms with Crippen molar-refractivity contribution in [3.8, 4) is 0 Å². The van der Waals surface area contributed by atoms with E-state index in [-0.39, 0.29) is 18.7 Å². The molecule has 0 radical (unpaired) electrons. The highest BCUT2D eigenvalue weighted by Gasteiger charge is 2.38. The zero-order valence-electron chi connectivity index (χ0n) is 11.8. The molecule has 0 unspecified atom stereocenters. The van der Waals surface area contributed by atoms with Crippen molar-refractivity contribution in [2.24, 2.45) is 11.7 Å². The van der Waals surface area contributed by atoms with Crippen molar-refractivity contribution in [1.29, 1.82) is 0 Å². The van der Waals surface area contributed by atoms with Crippen molar-refractivity contribution in [3.05, 3.63) is 0 Å². The van der Waals surface area contributed by atoms with Gasteiger partial charge in [0.05, 0.1) is 6.61 Å². The van der Waals surface area contributed by atoms with Crippen molar-refractivity contribution >= 4 is 0 Å². The van der Waals surface area contributed by atoms with Gasteiger partial charge in [0.25, 0.3) is 0 Å². The van der Waals surface area contributed by atoms with Crippen LogP contribution in [0.1, 0.15) is 39.5 Å². The molecule has 0 saturated heterocycles. The summed E-state index contributed by atoms with van der Waals surface area (Å²) >= 11 is 0. The fraction of sp³-hybridized carbons (Fsp3) is 1.00. The number of hydrogen-bond donors (Lipinski definition) is 1. The first-order valence-electron chi connectivity index (χ1n) is 6.99. The topological polar surface area (TPSA) is 38.5 Å². The second kappa shape index (κ2) is 6.90. The summed E-state index contributed by atoms with van der Waals surface area (Å²) < 4.78 is 39.9. The summed E-state index contributed by atoms with van der Waals surface area (Å²) in [4.78, 5) is 2.06. The molecule has 2 N–H and O–H groups in total. The lowest BCUT2D eigenvalue weighted by Gasteiger charge is -2.47. The normalized spacial score (nSPS) is 28.9. The highest BCUT2D eigenvalue weighted by Crippen LogP contribution is 2.35. The van der Waals surface area contributed by atoms with Crippen molar-refractivity contribution in [1.82, 2.24) is 4.90 Å². The van der Waals surface area contributed by atoms with E-state index in [2.05, 4.69) is 16.6 Å².